The van der Waals surface area contributed by atoms with Crippen molar-refractivity contribution in [3.63, 3.8) is 0 Å². The van der Waals surface area contributed by atoms with E-state index in [0.717, 1.165) is 47.9 Å². The standard InChI is InChI=1S/C21H27BrN4O3S/c1-2-3-12-25-19(23)18(20(28)24-21(25)29)26(14-8-4-5-9-14)17(27)13-30-16-11-7-6-10-15(16)22/h6-7,10-11,14H,2-5,8-9,12-13,23H2,1H3,(H,24,28,29). The van der Waals surface area contributed by atoms with Crippen molar-refractivity contribution in [1.29, 1.82) is 0 Å². The van der Waals surface area contributed by atoms with Crippen molar-refractivity contribution in [2.24, 2.45) is 0 Å². The number of rotatable bonds is 8. The molecule has 7 nitrogen and oxygen atoms in total. The molecule has 0 spiro atoms. The first-order valence-electron chi connectivity index (χ1n) is 10.3. The van der Waals surface area contributed by atoms with Crippen molar-refractivity contribution < 1.29 is 4.79 Å². The number of nitrogen functional groups attached to an aromatic ring is 1. The molecule has 3 rings (SSSR count). The summed E-state index contributed by atoms with van der Waals surface area (Å²) in [6, 6.07) is 7.61. The van der Waals surface area contributed by atoms with E-state index in [1.807, 2.05) is 31.2 Å². The molecule has 0 atom stereocenters. The zero-order valence-corrected chi connectivity index (χ0v) is 19.4. The number of hydrogen-bond donors (Lipinski definition) is 2. The molecule has 1 aromatic carbocycles. The number of thioether (sulfide) groups is 1. The van der Waals surface area contributed by atoms with E-state index in [4.69, 9.17) is 5.73 Å². The van der Waals surface area contributed by atoms with E-state index >= 15 is 0 Å². The molecule has 9 heteroatoms. The van der Waals surface area contributed by atoms with Crippen LogP contribution in [0, 0.1) is 0 Å². The Balaban J connectivity index is 1.96. The molecule has 1 amide bonds. The summed E-state index contributed by atoms with van der Waals surface area (Å²) in [5.41, 5.74) is 5.27. The fraction of sp³-hybridized carbons (Fsp3) is 0.476. The zero-order chi connectivity index (χ0) is 21.7. The van der Waals surface area contributed by atoms with Crippen molar-refractivity contribution >= 4 is 45.1 Å². The minimum Gasteiger partial charge on any atom is -0.383 e. The third-order valence-electron chi connectivity index (χ3n) is 5.34. The van der Waals surface area contributed by atoms with Crippen LogP contribution in [0.2, 0.25) is 0 Å². The zero-order valence-electron chi connectivity index (χ0n) is 17.0. The number of carbonyl (C=O) groups excluding carboxylic acids is 1. The summed E-state index contributed by atoms with van der Waals surface area (Å²) in [4.78, 5) is 43.2. The van der Waals surface area contributed by atoms with Gasteiger partial charge in [-0.3, -0.25) is 19.1 Å². The summed E-state index contributed by atoms with van der Waals surface area (Å²) in [6.45, 7) is 2.42. The van der Waals surface area contributed by atoms with Crippen LogP contribution in [0.15, 0.2) is 43.2 Å². The average Bonchev–Trinajstić information content (AvgIpc) is 3.24. The number of aromatic nitrogens is 2. The minimum atomic E-state index is -0.601. The molecule has 1 saturated carbocycles. The van der Waals surface area contributed by atoms with Gasteiger partial charge >= 0.3 is 5.69 Å². The molecular formula is C21H27BrN4O3S. The van der Waals surface area contributed by atoms with Gasteiger partial charge in [-0.25, -0.2) is 4.79 Å². The second-order valence-electron chi connectivity index (χ2n) is 7.42. The van der Waals surface area contributed by atoms with E-state index in [0.29, 0.717) is 6.54 Å². The minimum absolute atomic E-state index is 0.0725. The van der Waals surface area contributed by atoms with E-state index < -0.39 is 11.2 Å². The Hall–Kier alpha value is -2.00. The summed E-state index contributed by atoms with van der Waals surface area (Å²) in [7, 11) is 0. The molecule has 0 saturated heterocycles. The van der Waals surface area contributed by atoms with Crippen molar-refractivity contribution in [2.45, 2.75) is 62.9 Å². The molecule has 1 aromatic heterocycles. The maximum Gasteiger partial charge on any atom is 0.330 e. The van der Waals surface area contributed by atoms with Gasteiger partial charge in [-0.1, -0.05) is 38.3 Å². The number of benzene rings is 1. The molecule has 0 bridgehead atoms. The molecule has 1 heterocycles. The summed E-state index contributed by atoms with van der Waals surface area (Å²) in [5.74, 6) is 0.0652. The van der Waals surface area contributed by atoms with Gasteiger partial charge in [0.15, 0.2) is 5.69 Å². The van der Waals surface area contributed by atoms with E-state index in [2.05, 4.69) is 20.9 Å². The van der Waals surface area contributed by atoms with Gasteiger partial charge in [0.05, 0.1) is 5.75 Å². The van der Waals surface area contributed by atoms with E-state index in [9.17, 15) is 14.4 Å². The smallest absolute Gasteiger partial charge is 0.330 e. The highest BCUT2D eigenvalue weighted by Crippen LogP contribution is 2.32. The van der Waals surface area contributed by atoms with E-state index in [1.165, 1.54) is 16.3 Å². The summed E-state index contributed by atoms with van der Waals surface area (Å²) >= 11 is 4.91. The van der Waals surface area contributed by atoms with Gasteiger partial charge in [0.1, 0.15) is 5.82 Å². The Bertz CT molecular complexity index is 1010. The van der Waals surface area contributed by atoms with Gasteiger partial charge in [-0.15, -0.1) is 11.8 Å². The SMILES string of the molecule is CCCCn1c(N)c(N(C(=O)CSc2ccccc2Br)C2CCCC2)c(=O)[nH]c1=O. The quantitative estimate of drug-likeness (QED) is 0.544. The number of nitrogens with two attached hydrogens (primary N) is 1. The van der Waals surface area contributed by atoms with Crippen LogP contribution in [0.25, 0.3) is 0 Å². The third-order valence-corrected chi connectivity index (χ3v) is 7.35. The first kappa shape index (κ1) is 22.7. The Kier molecular flexibility index (Phi) is 7.82. The molecule has 1 fully saturated rings. The molecule has 3 N–H and O–H groups in total. The number of halogens is 1. The summed E-state index contributed by atoms with van der Waals surface area (Å²) < 4.78 is 2.29. The largest absolute Gasteiger partial charge is 0.383 e. The van der Waals surface area contributed by atoms with Crippen LogP contribution in [0.5, 0.6) is 0 Å². The van der Waals surface area contributed by atoms with Gasteiger partial charge in [-0.2, -0.15) is 0 Å². The van der Waals surface area contributed by atoms with Crippen LogP contribution in [-0.2, 0) is 11.3 Å². The van der Waals surface area contributed by atoms with Crippen LogP contribution in [-0.4, -0.2) is 27.3 Å². The predicted molar refractivity (Wildman–Crippen MR) is 125 cm³/mol. The molecule has 162 valence electrons. The van der Waals surface area contributed by atoms with Gasteiger partial charge < -0.3 is 10.6 Å². The fourth-order valence-corrected chi connectivity index (χ4v) is 5.22. The molecule has 2 aromatic rings. The Labute approximate surface area is 188 Å². The van der Waals surface area contributed by atoms with Crippen LogP contribution in [0.3, 0.4) is 0 Å². The Morgan fingerprint density at radius 3 is 2.67 bits per heavy atom. The Morgan fingerprint density at radius 1 is 1.30 bits per heavy atom. The molecule has 0 radical (unpaired) electrons. The van der Waals surface area contributed by atoms with Crippen molar-refractivity contribution in [3.8, 4) is 0 Å². The lowest BCUT2D eigenvalue weighted by Crippen LogP contribution is -2.46. The van der Waals surface area contributed by atoms with Gasteiger partial charge in [0.2, 0.25) is 5.91 Å². The molecule has 1 aliphatic carbocycles. The van der Waals surface area contributed by atoms with Crippen molar-refractivity contribution in [2.75, 3.05) is 16.4 Å². The highest BCUT2D eigenvalue weighted by Gasteiger charge is 2.32. The predicted octanol–water partition coefficient (Wildman–Crippen LogP) is 3.75. The third kappa shape index (κ3) is 5.00. The highest BCUT2D eigenvalue weighted by atomic mass is 79.9. The van der Waals surface area contributed by atoms with Gasteiger partial charge in [0.25, 0.3) is 5.56 Å². The molecule has 1 aliphatic rings. The lowest BCUT2D eigenvalue weighted by Gasteiger charge is -2.30. The number of nitrogens with zero attached hydrogens (tertiary/aromatic N) is 2. The topological polar surface area (TPSA) is 101 Å². The number of anilines is 2. The summed E-state index contributed by atoms with van der Waals surface area (Å²) in [6.07, 6.45) is 5.27. The number of amides is 1. The molecule has 0 aliphatic heterocycles. The molecular weight excluding hydrogens is 468 g/mol. The van der Waals surface area contributed by atoms with E-state index in [1.54, 1.807) is 4.90 Å². The number of aromatic amines is 1. The number of hydrogen-bond acceptors (Lipinski definition) is 5. The van der Waals surface area contributed by atoms with Crippen molar-refractivity contribution in [1.82, 2.24) is 9.55 Å². The van der Waals surface area contributed by atoms with Crippen LogP contribution in [0.1, 0.15) is 45.4 Å². The van der Waals surface area contributed by atoms with Crippen molar-refractivity contribution in [3.05, 3.63) is 49.6 Å². The number of unbranched alkanes of at least 4 members (excludes halogenated alkanes) is 1. The van der Waals surface area contributed by atoms with Gasteiger partial charge in [-0.05, 0) is 47.3 Å². The highest BCUT2D eigenvalue weighted by molar-refractivity contribution is 9.10. The average molecular weight is 495 g/mol. The normalized spacial score (nSPS) is 14.2. The first-order valence-corrected chi connectivity index (χ1v) is 12.0. The second-order valence-corrected chi connectivity index (χ2v) is 9.29. The second kappa shape index (κ2) is 10.3. The lowest BCUT2D eigenvalue weighted by atomic mass is 10.2. The number of nitrogens with one attached hydrogen (secondary N) is 1. The molecule has 30 heavy (non-hydrogen) atoms. The maximum absolute atomic E-state index is 13.3. The van der Waals surface area contributed by atoms with Gasteiger partial charge in [0, 0.05) is 22.0 Å². The number of carbonyl (C=O) groups is 1. The van der Waals surface area contributed by atoms with E-state index in [-0.39, 0.29) is 29.2 Å². The van der Waals surface area contributed by atoms with Crippen LogP contribution >= 0.6 is 27.7 Å². The maximum atomic E-state index is 13.3. The number of H-pyrrole nitrogens is 1. The van der Waals surface area contributed by atoms with Crippen LogP contribution in [0.4, 0.5) is 11.5 Å². The Morgan fingerprint density at radius 2 is 2.00 bits per heavy atom. The molecule has 0 unspecified atom stereocenters. The summed E-state index contributed by atoms with van der Waals surface area (Å²) in [5, 5.41) is 0. The van der Waals surface area contributed by atoms with Crippen LogP contribution < -0.4 is 21.9 Å². The fourth-order valence-electron chi connectivity index (χ4n) is 3.79. The lowest BCUT2D eigenvalue weighted by molar-refractivity contribution is -0.116. The first-order chi connectivity index (χ1) is 14.4. The monoisotopic (exact) mass is 494 g/mol.